The molecule has 1 unspecified atom stereocenters. The monoisotopic (exact) mass is 459 g/mol. The number of pyridine rings is 1. The molecule has 0 bridgehead atoms. The van der Waals surface area contributed by atoms with Crippen LogP contribution in [0.1, 0.15) is 39.5 Å². The first-order valence-corrected chi connectivity index (χ1v) is 9.29. The van der Waals surface area contributed by atoms with Crippen LogP contribution in [0, 0.1) is 11.8 Å². The van der Waals surface area contributed by atoms with Gasteiger partial charge < -0.3 is 15.5 Å². The van der Waals surface area contributed by atoms with Crippen molar-refractivity contribution in [2.75, 3.05) is 38.5 Å². The maximum absolute atomic E-state index is 4.45. The maximum Gasteiger partial charge on any atom is 0.193 e. The lowest BCUT2D eigenvalue weighted by molar-refractivity contribution is 0.403. The van der Waals surface area contributed by atoms with Crippen LogP contribution in [0.4, 0.5) is 5.82 Å². The molecule has 0 spiro atoms. The van der Waals surface area contributed by atoms with Gasteiger partial charge in [-0.3, -0.25) is 4.99 Å². The van der Waals surface area contributed by atoms with E-state index in [9.17, 15) is 0 Å². The van der Waals surface area contributed by atoms with Crippen molar-refractivity contribution in [3.63, 3.8) is 0 Å². The lowest BCUT2D eigenvalue weighted by Crippen LogP contribution is -2.40. The van der Waals surface area contributed by atoms with Crippen molar-refractivity contribution >= 4 is 35.8 Å². The zero-order chi connectivity index (χ0) is 17.2. The number of hydrogen-bond acceptors (Lipinski definition) is 3. The average molecular weight is 459 g/mol. The summed E-state index contributed by atoms with van der Waals surface area (Å²) in [7, 11) is 1.89. The number of halogens is 1. The zero-order valence-corrected chi connectivity index (χ0v) is 18.2. The van der Waals surface area contributed by atoms with E-state index in [1.165, 1.54) is 12.8 Å². The Morgan fingerprint density at radius 3 is 2.80 bits per heavy atom. The molecule has 2 heterocycles. The minimum atomic E-state index is 0. The fraction of sp³-hybridized carbons (Fsp3) is 0.684. The van der Waals surface area contributed by atoms with E-state index in [4.69, 9.17) is 0 Å². The van der Waals surface area contributed by atoms with Gasteiger partial charge in [-0.1, -0.05) is 19.9 Å². The molecule has 142 valence electrons. The minimum Gasteiger partial charge on any atom is -0.370 e. The summed E-state index contributed by atoms with van der Waals surface area (Å²) in [4.78, 5) is 11.1. The summed E-state index contributed by atoms with van der Waals surface area (Å²) in [5, 5.41) is 6.86. The van der Waals surface area contributed by atoms with Crippen LogP contribution in [0.25, 0.3) is 0 Å². The van der Waals surface area contributed by atoms with Gasteiger partial charge in [-0.05, 0) is 49.7 Å². The molecule has 5 nitrogen and oxygen atoms in total. The summed E-state index contributed by atoms with van der Waals surface area (Å²) in [5.74, 6) is 3.64. The predicted octanol–water partition coefficient (Wildman–Crippen LogP) is 3.84. The van der Waals surface area contributed by atoms with Crippen LogP contribution in [0.5, 0.6) is 0 Å². The Labute approximate surface area is 170 Å². The number of anilines is 1. The maximum atomic E-state index is 4.45. The van der Waals surface area contributed by atoms with Crippen molar-refractivity contribution in [3.05, 3.63) is 24.4 Å². The Morgan fingerprint density at radius 1 is 1.32 bits per heavy atom. The first kappa shape index (κ1) is 22.0. The molecule has 0 aliphatic carbocycles. The first-order valence-electron chi connectivity index (χ1n) is 9.29. The second kappa shape index (κ2) is 12.3. The Kier molecular flexibility index (Phi) is 10.8. The highest BCUT2D eigenvalue weighted by Gasteiger charge is 2.25. The lowest BCUT2D eigenvalue weighted by atomic mass is 9.97. The van der Waals surface area contributed by atoms with Gasteiger partial charge in [-0.15, -0.1) is 24.0 Å². The molecule has 0 aromatic carbocycles. The number of nitrogens with zero attached hydrogens (tertiary/aromatic N) is 3. The van der Waals surface area contributed by atoms with E-state index in [1.54, 1.807) is 0 Å². The van der Waals surface area contributed by atoms with Crippen LogP contribution < -0.4 is 10.6 Å². The third-order valence-corrected chi connectivity index (χ3v) is 4.46. The number of aliphatic imine (C=N–C) groups is 1. The molecular weight excluding hydrogens is 425 g/mol. The van der Waals surface area contributed by atoms with Gasteiger partial charge in [0.15, 0.2) is 5.96 Å². The van der Waals surface area contributed by atoms with E-state index in [0.717, 1.165) is 62.6 Å². The van der Waals surface area contributed by atoms with Crippen molar-refractivity contribution in [2.45, 2.75) is 39.5 Å². The number of rotatable bonds is 8. The second-order valence-electron chi connectivity index (χ2n) is 7.05. The molecule has 1 saturated heterocycles. The Balaban J connectivity index is 0.00000312. The predicted molar refractivity (Wildman–Crippen MR) is 118 cm³/mol. The summed E-state index contributed by atoms with van der Waals surface area (Å²) in [5.41, 5.74) is 0. The topological polar surface area (TPSA) is 52.6 Å². The highest BCUT2D eigenvalue weighted by molar-refractivity contribution is 14.0. The Morgan fingerprint density at radius 2 is 2.12 bits per heavy atom. The molecule has 1 atom stereocenters. The summed E-state index contributed by atoms with van der Waals surface area (Å²) < 4.78 is 0. The summed E-state index contributed by atoms with van der Waals surface area (Å²) >= 11 is 0. The first-order chi connectivity index (χ1) is 11.7. The van der Waals surface area contributed by atoms with Gasteiger partial charge in [0.2, 0.25) is 0 Å². The third-order valence-electron chi connectivity index (χ3n) is 4.46. The number of guanidine groups is 1. The average Bonchev–Trinajstić information content (AvgIpc) is 3.02. The third kappa shape index (κ3) is 8.25. The molecule has 6 heteroatoms. The van der Waals surface area contributed by atoms with E-state index < -0.39 is 0 Å². The number of unbranched alkanes of at least 4 members (excludes halogenated alkanes) is 1. The van der Waals surface area contributed by atoms with Gasteiger partial charge in [-0.25, -0.2) is 4.98 Å². The van der Waals surface area contributed by atoms with Gasteiger partial charge in [0.25, 0.3) is 0 Å². The fourth-order valence-corrected chi connectivity index (χ4v) is 3.35. The molecule has 0 radical (unpaired) electrons. The number of nitrogens with one attached hydrogen (secondary N) is 2. The molecule has 1 aromatic heterocycles. The van der Waals surface area contributed by atoms with Crippen molar-refractivity contribution in [3.8, 4) is 0 Å². The smallest absolute Gasteiger partial charge is 0.193 e. The molecule has 1 aliphatic heterocycles. The summed E-state index contributed by atoms with van der Waals surface area (Å²) in [6, 6.07) is 5.94. The van der Waals surface area contributed by atoms with Gasteiger partial charge in [0, 0.05) is 39.4 Å². The van der Waals surface area contributed by atoms with Gasteiger partial charge in [0.05, 0.1) is 0 Å². The fourth-order valence-electron chi connectivity index (χ4n) is 3.35. The number of likely N-dealkylation sites (tertiary alicyclic amines) is 1. The molecule has 1 fully saturated rings. The molecule has 0 amide bonds. The van der Waals surface area contributed by atoms with Crippen LogP contribution in [-0.2, 0) is 0 Å². The zero-order valence-electron chi connectivity index (χ0n) is 15.9. The van der Waals surface area contributed by atoms with Crippen LogP contribution in [-0.4, -0.2) is 49.1 Å². The van der Waals surface area contributed by atoms with Crippen LogP contribution in [0.15, 0.2) is 29.4 Å². The summed E-state index contributed by atoms with van der Waals surface area (Å²) in [6.07, 6.45) is 6.69. The summed E-state index contributed by atoms with van der Waals surface area (Å²) in [6.45, 7) is 8.85. The number of aromatic nitrogens is 1. The highest BCUT2D eigenvalue weighted by atomic mass is 127. The van der Waals surface area contributed by atoms with Crippen LogP contribution in [0.3, 0.4) is 0 Å². The molecule has 0 saturated carbocycles. The van der Waals surface area contributed by atoms with E-state index in [2.05, 4.69) is 39.4 Å². The molecule has 25 heavy (non-hydrogen) atoms. The Bertz CT molecular complexity index is 492. The lowest BCUT2D eigenvalue weighted by Gasteiger charge is -2.22. The second-order valence-corrected chi connectivity index (χ2v) is 7.05. The molecule has 2 rings (SSSR count). The van der Waals surface area contributed by atoms with E-state index in [0.29, 0.717) is 0 Å². The van der Waals surface area contributed by atoms with Gasteiger partial charge >= 0.3 is 0 Å². The highest BCUT2D eigenvalue weighted by Crippen LogP contribution is 2.23. The minimum absolute atomic E-state index is 0. The van der Waals surface area contributed by atoms with Crippen molar-refractivity contribution in [1.29, 1.82) is 0 Å². The quantitative estimate of drug-likeness (QED) is 0.269. The van der Waals surface area contributed by atoms with Gasteiger partial charge in [-0.2, -0.15) is 0 Å². The largest absolute Gasteiger partial charge is 0.370 e. The van der Waals surface area contributed by atoms with E-state index in [1.807, 2.05) is 31.4 Å². The molecule has 2 N–H and O–H groups in total. The van der Waals surface area contributed by atoms with E-state index >= 15 is 0 Å². The van der Waals surface area contributed by atoms with Gasteiger partial charge in [0.1, 0.15) is 5.82 Å². The Hall–Kier alpha value is -1.05. The molecule has 1 aliphatic rings. The van der Waals surface area contributed by atoms with Crippen molar-refractivity contribution < 1.29 is 0 Å². The molecule has 1 aromatic rings. The van der Waals surface area contributed by atoms with Crippen molar-refractivity contribution in [1.82, 2.24) is 15.2 Å². The molecular formula is C19H34IN5. The number of hydrogen-bond donors (Lipinski definition) is 2. The normalized spacial score (nSPS) is 17.5. The van der Waals surface area contributed by atoms with Crippen LogP contribution in [0.2, 0.25) is 0 Å². The van der Waals surface area contributed by atoms with E-state index in [-0.39, 0.29) is 24.0 Å². The van der Waals surface area contributed by atoms with Crippen LogP contribution >= 0.6 is 24.0 Å². The standard InChI is InChI=1S/C19H33N5.HI/c1-16(2)14-17-9-13-24(15-17)19(20-3)23-12-7-6-11-22-18-8-4-5-10-21-18;/h4-5,8,10,16-17H,6-7,9,11-15H2,1-3H3,(H,20,23)(H,21,22);1H. The SMILES string of the molecule is CN=C(NCCCCNc1ccccn1)N1CCC(CC(C)C)C1.I. The van der Waals surface area contributed by atoms with Crippen molar-refractivity contribution in [2.24, 2.45) is 16.8 Å².